The number of carboxylic acids is 1. The summed E-state index contributed by atoms with van der Waals surface area (Å²) < 4.78 is 79.3. The summed E-state index contributed by atoms with van der Waals surface area (Å²) in [6.07, 6.45) is -11.9. The molecule has 7 rings (SSSR count). The van der Waals surface area contributed by atoms with Gasteiger partial charge in [0, 0.05) is 93.1 Å². The van der Waals surface area contributed by atoms with Gasteiger partial charge in [-0.3, -0.25) is 33.6 Å². The number of carboxylic acid groups (broad SMARTS) is 1. The largest absolute Gasteiger partial charge is 0.477 e. The fraction of sp³-hybridized carbons (Fsp3) is 0.563. The van der Waals surface area contributed by atoms with E-state index >= 15 is 0 Å². The van der Waals surface area contributed by atoms with Gasteiger partial charge in [-0.05, 0) is 89.4 Å². The monoisotopic (exact) mass is 1760 g/mol. The lowest BCUT2D eigenvalue weighted by Crippen LogP contribution is -2.68. The highest BCUT2D eigenvalue weighted by atomic mass is 32.2. The van der Waals surface area contributed by atoms with Crippen LogP contribution in [0.3, 0.4) is 0 Å². The van der Waals surface area contributed by atoms with Crippen LogP contribution in [0.15, 0.2) is 133 Å². The Bertz CT molecular complexity index is 3850. The number of aliphatic hydroxyl groups is 6. The fourth-order valence-corrected chi connectivity index (χ4v) is 14.4. The number of hydrogen-bond donors (Lipinski definition) is 12. The van der Waals surface area contributed by atoms with Gasteiger partial charge in [0.25, 0.3) is 23.5 Å². The van der Waals surface area contributed by atoms with E-state index in [9.17, 15) is 74.1 Å². The van der Waals surface area contributed by atoms with Crippen LogP contribution in [0.1, 0.15) is 93.8 Å². The third kappa shape index (κ3) is 37.7. The van der Waals surface area contributed by atoms with Crippen molar-refractivity contribution in [1.29, 1.82) is 0 Å². The minimum atomic E-state index is -2.42. The average Bonchev–Trinajstić information content (AvgIpc) is 0.772. The molecule has 5 amide bonds. The molecule has 0 radical (unpaired) electrons. The van der Waals surface area contributed by atoms with Crippen molar-refractivity contribution in [3.05, 3.63) is 156 Å². The molecule has 0 saturated carbocycles. The summed E-state index contributed by atoms with van der Waals surface area (Å²) in [5.74, 6) is -6.00. The number of aliphatic hydroxyl groups excluding tert-OH is 6. The number of aldehydes is 1. The Balaban J connectivity index is 0.586. The third-order valence-electron chi connectivity index (χ3n) is 19.3. The number of amides is 5. The van der Waals surface area contributed by atoms with Gasteiger partial charge in [0.2, 0.25) is 17.6 Å². The summed E-state index contributed by atoms with van der Waals surface area (Å²) in [4.78, 5) is 101. The lowest BCUT2D eigenvalue weighted by molar-refractivity contribution is -0.310. The molecular formula is C87H121N5O29S2. The van der Waals surface area contributed by atoms with E-state index in [-0.39, 0.29) is 50.9 Å². The molecule has 2 heterocycles. The van der Waals surface area contributed by atoms with E-state index in [0.717, 1.165) is 22.3 Å². The lowest BCUT2D eigenvalue weighted by Gasteiger charge is -2.46. The van der Waals surface area contributed by atoms with Crippen molar-refractivity contribution < 1.29 is 140 Å². The van der Waals surface area contributed by atoms with Crippen LogP contribution >= 0.6 is 23.5 Å². The molecule has 0 aliphatic carbocycles. The Morgan fingerprint density at radius 1 is 0.415 bits per heavy atom. The maximum Gasteiger partial charge on any atom is 0.364 e. The van der Waals surface area contributed by atoms with Crippen molar-refractivity contribution in [1.82, 2.24) is 26.6 Å². The lowest BCUT2D eigenvalue weighted by atomic mass is 9.88. The number of carbonyl (C=O) groups excluding carboxylic acids is 7. The van der Waals surface area contributed by atoms with Gasteiger partial charge in [-0.15, -0.1) is 0 Å². The molecule has 2 aliphatic rings. The van der Waals surface area contributed by atoms with Gasteiger partial charge in [0.05, 0.1) is 175 Å². The van der Waals surface area contributed by atoms with Crippen molar-refractivity contribution in [2.45, 2.75) is 125 Å². The molecule has 123 heavy (non-hydrogen) atoms. The smallest absolute Gasteiger partial charge is 0.364 e. The van der Waals surface area contributed by atoms with Crippen molar-refractivity contribution in [2.24, 2.45) is 0 Å². The molecule has 5 aromatic carbocycles. The molecule has 0 unspecified atom stereocenters. The first-order chi connectivity index (χ1) is 59.6. The molecular weight excluding hydrogens is 1640 g/mol. The number of ether oxygens (including phenoxy) is 14. The Hall–Kier alpha value is -7.84. The number of ketones is 1. The van der Waals surface area contributed by atoms with E-state index in [4.69, 9.17) is 66.3 Å². The van der Waals surface area contributed by atoms with Gasteiger partial charge in [-0.25, -0.2) is 4.79 Å². The molecule has 12 N–H and O–H groups in total. The normalized spacial score (nSPS) is 19.9. The second-order valence-electron chi connectivity index (χ2n) is 28.7. The predicted molar refractivity (Wildman–Crippen MR) is 454 cm³/mol. The zero-order valence-corrected chi connectivity index (χ0v) is 71.4. The number of nitrogens with one attached hydrogen (secondary N) is 5. The molecule has 12 atom stereocenters. The minimum Gasteiger partial charge on any atom is -0.477 e. The molecule has 2 saturated heterocycles. The first-order valence-corrected chi connectivity index (χ1v) is 43.6. The van der Waals surface area contributed by atoms with E-state index in [0.29, 0.717) is 196 Å². The highest BCUT2D eigenvalue weighted by Gasteiger charge is 2.56. The summed E-state index contributed by atoms with van der Waals surface area (Å²) in [6.45, 7) is 9.17. The number of aliphatic carboxylic acids is 1. The molecule has 2 fully saturated rings. The quantitative estimate of drug-likeness (QED) is 0.0151. The van der Waals surface area contributed by atoms with E-state index in [1.54, 1.807) is 96.3 Å². The maximum atomic E-state index is 13.0. The Morgan fingerprint density at radius 2 is 0.764 bits per heavy atom. The zero-order chi connectivity index (χ0) is 88.3. The molecule has 2 aliphatic heterocycles. The van der Waals surface area contributed by atoms with E-state index in [1.807, 2.05) is 60.7 Å². The van der Waals surface area contributed by atoms with Crippen molar-refractivity contribution in [3.8, 4) is 22.3 Å². The molecule has 0 aromatic heterocycles. The fourth-order valence-electron chi connectivity index (χ4n) is 12.8. The van der Waals surface area contributed by atoms with Crippen LogP contribution in [0.5, 0.6) is 0 Å². The predicted octanol–water partition coefficient (Wildman–Crippen LogP) is 3.45. The van der Waals surface area contributed by atoms with Crippen molar-refractivity contribution >= 4 is 71.1 Å². The van der Waals surface area contributed by atoms with Crippen LogP contribution < -0.4 is 26.6 Å². The average molecular weight is 1770 g/mol. The number of carbonyl (C=O) groups is 8. The van der Waals surface area contributed by atoms with Crippen LogP contribution in [0.25, 0.3) is 22.3 Å². The highest BCUT2D eigenvalue weighted by molar-refractivity contribution is 7.99. The van der Waals surface area contributed by atoms with Crippen LogP contribution in [0.4, 0.5) is 0 Å². The summed E-state index contributed by atoms with van der Waals surface area (Å²) >= 11 is 3.15. The van der Waals surface area contributed by atoms with E-state index < -0.39 is 122 Å². The number of rotatable bonds is 65. The highest BCUT2D eigenvalue weighted by Crippen LogP contribution is 2.35. The third-order valence-corrected chi connectivity index (χ3v) is 21.4. The maximum absolute atomic E-state index is 13.0. The molecule has 34 nitrogen and oxygen atoms in total. The number of Topliss-reactive ketones (excluding diaryl/α,β-unsaturated/α-hetero) is 1. The Morgan fingerprint density at radius 3 is 1.17 bits per heavy atom. The second-order valence-corrected chi connectivity index (χ2v) is 31.1. The van der Waals surface area contributed by atoms with Gasteiger partial charge < -0.3 is 129 Å². The van der Waals surface area contributed by atoms with E-state index in [1.165, 1.54) is 13.8 Å². The van der Waals surface area contributed by atoms with Crippen LogP contribution in [0.2, 0.25) is 0 Å². The Labute approximate surface area is 725 Å². The first-order valence-electron chi connectivity index (χ1n) is 41.3. The van der Waals surface area contributed by atoms with Gasteiger partial charge in [0.15, 0.2) is 12.1 Å². The van der Waals surface area contributed by atoms with Gasteiger partial charge >= 0.3 is 5.97 Å². The zero-order valence-electron chi connectivity index (χ0n) is 69.7. The van der Waals surface area contributed by atoms with Crippen LogP contribution in [0, 0.1) is 0 Å². The summed E-state index contributed by atoms with van der Waals surface area (Å²) in [7, 11) is 0. The molecule has 36 heteroatoms. The minimum absolute atomic E-state index is 0.0593. The summed E-state index contributed by atoms with van der Waals surface area (Å²) in [5.41, 5.74) is 5.26. The second kappa shape index (κ2) is 58.4. The molecule has 0 bridgehead atoms. The van der Waals surface area contributed by atoms with Crippen LogP contribution in [-0.4, -0.2) is 344 Å². The number of hydrogen-bond acceptors (Lipinski definition) is 30. The van der Waals surface area contributed by atoms with Crippen LogP contribution in [-0.2, 0) is 85.5 Å². The number of benzene rings is 5. The van der Waals surface area contributed by atoms with Gasteiger partial charge in [0.1, 0.15) is 24.4 Å². The van der Waals surface area contributed by atoms with Gasteiger partial charge in [-0.1, -0.05) is 97.1 Å². The number of thioether (sulfide) groups is 2. The van der Waals surface area contributed by atoms with E-state index in [2.05, 4.69) is 26.6 Å². The Kier molecular flexibility index (Phi) is 48.6. The summed E-state index contributed by atoms with van der Waals surface area (Å²) in [5, 5.41) is 90.0. The SMILES string of the molecule is CC(=O)N[C@H]1[C@H]([C@H](O)[C@H](O)CNC(=O)c2ccc(-c3ccccc3)cc2)O[C@](C=O)(OCCCSCCOCCOCCOCCOCCOCCCC(=O)c2ccc(C(=O)NCCOCCOCCOCCOCCOCCSCCCO[C@]3(C(=O)O)C[C@H](O)[C@@H](NC(C)=O)[C@H]([C@H](O)[C@H](O)CNC(=O)c4ccc(-c5ccccc5)cc4)O3)cc2)C[C@@H]1O. The first kappa shape index (κ1) is 102. The van der Waals surface area contributed by atoms with Gasteiger partial charge in [-0.2, -0.15) is 23.5 Å². The summed E-state index contributed by atoms with van der Waals surface area (Å²) in [6, 6.07) is 36.8. The standard InChI is InChI=1S/C87H121N5O29S2/c1-61(94)91-76-72(97)56-86(60-93,120-80(76)78(101)74(99)58-89-83(104)69-23-17-65(18-24-69)63-12-5-3-6-13-63)118-31-10-52-122-54-50-116-48-46-114-44-42-112-40-38-110-36-34-108-30-9-16-71(96)67-21-27-68(28-22-67)82(103)88-29-33-109-35-37-111-39-41-113-43-45-115-47-49-117-51-55-123-53-11-32-119-87(85(106)107)57-73(98)77(92-62(2)95)81(121-87)79(102)75(100)59-90-84(105)70-25-19-66(20-26-70)64-14-7-4-8-15-64/h3-8,12-15,17-28,60,72-81,97-102H,9-11,16,29-59H2,1-2H3,(H,88,103)(H,89,104)(H,90,105)(H,91,94)(H,92,95)(H,106,107)/t72-,73-,74+,75+,76+,77+,78+,79+,80+,81+,86+,87+/m0/s1. The molecule has 0 spiro atoms. The van der Waals surface area contributed by atoms with Crippen molar-refractivity contribution in [3.63, 3.8) is 0 Å². The molecule has 680 valence electrons. The van der Waals surface area contributed by atoms with Crippen molar-refractivity contribution in [2.75, 3.05) is 188 Å². The topological polar surface area (TPSA) is 468 Å². The molecule has 5 aromatic rings.